The fraction of sp³-hybridized carbons (Fsp3) is 0.231. The van der Waals surface area contributed by atoms with Crippen molar-refractivity contribution in [2.45, 2.75) is 32.6 Å². The van der Waals surface area contributed by atoms with Crippen LogP contribution >= 0.6 is 0 Å². The lowest BCUT2D eigenvalue weighted by Gasteiger charge is -2.18. The number of hydrogen-bond acceptors (Lipinski definition) is 6. The molecule has 0 saturated heterocycles. The van der Waals surface area contributed by atoms with Crippen molar-refractivity contribution in [3.05, 3.63) is 76.3 Å². The van der Waals surface area contributed by atoms with Gasteiger partial charge in [-0.25, -0.2) is 4.98 Å². The predicted molar refractivity (Wildman–Crippen MR) is 137 cm³/mol. The van der Waals surface area contributed by atoms with Gasteiger partial charge in [0, 0.05) is 22.9 Å². The molecule has 0 bridgehead atoms. The number of aromatic nitrogens is 1. The standard InChI is InChI=1S/C26H27N5O3/c1-2-3-4-10-15-28-23-21(27)19-16-18-13-8-9-14-20(18)29-22(19)25(31(33)34)24(23)30-26(32)17-11-6-5-7-12-17/h5-9,11-14,16,28H,2-4,10,15,27H2,1H3,(H,30,32). The van der Waals surface area contributed by atoms with Gasteiger partial charge >= 0.3 is 5.69 Å². The smallest absolute Gasteiger partial charge is 0.321 e. The molecule has 0 aliphatic heterocycles. The van der Waals surface area contributed by atoms with Gasteiger partial charge in [0.2, 0.25) is 0 Å². The summed E-state index contributed by atoms with van der Waals surface area (Å²) in [4.78, 5) is 29.4. The summed E-state index contributed by atoms with van der Waals surface area (Å²) < 4.78 is 0. The maximum Gasteiger partial charge on any atom is 0.321 e. The van der Waals surface area contributed by atoms with E-state index in [0.717, 1.165) is 31.1 Å². The van der Waals surface area contributed by atoms with E-state index in [9.17, 15) is 14.9 Å². The molecule has 4 rings (SSSR count). The SMILES string of the molecule is CCCCCCNc1c(NC(=O)c2ccccc2)c([N+](=O)[O-])c2nc3ccccc3cc2c1N. The number of unbranched alkanes of at least 4 members (excludes halogenated alkanes) is 3. The van der Waals surface area contributed by atoms with Crippen LogP contribution in [0.2, 0.25) is 0 Å². The number of hydrogen-bond donors (Lipinski definition) is 3. The number of anilines is 3. The second-order valence-electron chi connectivity index (χ2n) is 8.15. The minimum Gasteiger partial charge on any atom is -0.396 e. The molecule has 8 nitrogen and oxygen atoms in total. The van der Waals surface area contributed by atoms with Crippen molar-refractivity contribution in [2.24, 2.45) is 0 Å². The first-order valence-corrected chi connectivity index (χ1v) is 11.4. The lowest BCUT2D eigenvalue weighted by Crippen LogP contribution is -2.17. The molecule has 1 amide bonds. The summed E-state index contributed by atoms with van der Waals surface area (Å²) in [7, 11) is 0. The highest BCUT2D eigenvalue weighted by Gasteiger charge is 2.29. The number of carbonyl (C=O) groups excluding carboxylic acids is 1. The van der Waals surface area contributed by atoms with Crippen LogP contribution in [0.25, 0.3) is 21.8 Å². The van der Waals surface area contributed by atoms with Crippen molar-refractivity contribution in [1.82, 2.24) is 4.98 Å². The molecule has 0 radical (unpaired) electrons. The number of rotatable bonds is 9. The number of para-hydroxylation sites is 1. The van der Waals surface area contributed by atoms with Gasteiger partial charge in [-0.3, -0.25) is 14.9 Å². The minimum absolute atomic E-state index is 0.0297. The number of nitro groups is 1. The molecule has 3 aromatic carbocycles. The highest BCUT2D eigenvalue weighted by molar-refractivity contribution is 6.17. The molecular formula is C26H27N5O3. The molecule has 4 N–H and O–H groups in total. The second kappa shape index (κ2) is 10.2. The summed E-state index contributed by atoms with van der Waals surface area (Å²) in [6, 6.07) is 17.7. The van der Waals surface area contributed by atoms with E-state index in [2.05, 4.69) is 22.5 Å². The third-order valence-corrected chi connectivity index (χ3v) is 5.78. The van der Waals surface area contributed by atoms with E-state index in [0.29, 0.717) is 34.4 Å². The number of pyridine rings is 1. The molecule has 1 heterocycles. The second-order valence-corrected chi connectivity index (χ2v) is 8.15. The number of amides is 1. The third-order valence-electron chi connectivity index (χ3n) is 5.78. The number of nitro benzene ring substituents is 1. The Kier molecular flexibility index (Phi) is 6.87. The first kappa shape index (κ1) is 23.0. The Labute approximate surface area is 197 Å². The molecule has 0 aliphatic carbocycles. The van der Waals surface area contributed by atoms with E-state index in [4.69, 9.17) is 5.73 Å². The zero-order valence-corrected chi connectivity index (χ0v) is 19.0. The summed E-state index contributed by atoms with van der Waals surface area (Å²) >= 11 is 0. The summed E-state index contributed by atoms with van der Waals surface area (Å²) in [5.74, 6) is -0.461. The minimum atomic E-state index is -0.508. The molecular weight excluding hydrogens is 430 g/mol. The first-order chi connectivity index (χ1) is 16.5. The number of benzene rings is 3. The Bertz CT molecular complexity index is 1360. The van der Waals surface area contributed by atoms with E-state index >= 15 is 0 Å². The average Bonchev–Trinajstić information content (AvgIpc) is 2.85. The van der Waals surface area contributed by atoms with Crippen LogP contribution in [0.1, 0.15) is 43.0 Å². The number of fused-ring (bicyclic) bond motifs is 2. The van der Waals surface area contributed by atoms with E-state index in [1.807, 2.05) is 24.3 Å². The predicted octanol–water partition coefficient (Wildman–Crippen LogP) is 6.12. The molecule has 0 unspecified atom stereocenters. The van der Waals surface area contributed by atoms with Gasteiger partial charge in [0.1, 0.15) is 5.69 Å². The van der Waals surface area contributed by atoms with Crippen LogP contribution in [0.15, 0.2) is 60.7 Å². The van der Waals surface area contributed by atoms with Gasteiger partial charge in [-0.05, 0) is 30.7 Å². The molecule has 4 aromatic rings. The Morgan fingerprint density at radius 3 is 2.50 bits per heavy atom. The van der Waals surface area contributed by atoms with Crippen LogP contribution in [0.4, 0.5) is 22.7 Å². The van der Waals surface area contributed by atoms with Crippen molar-refractivity contribution < 1.29 is 9.72 Å². The Morgan fingerprint density at radius 1 is 1.03 bits per heavy atom. The van der Waals surface area contributed by atoms with E-state index in [-0.39, 0.29) is 16.9 Å². The summed E-state index contributed by atoms with van der Waals surface area (Å²) in [6.07, 6.45) is 4.10. The number of nitrogens with two attached hydrogens (primary N) is 1. The Balaban J connectivity index is 1.89. The van der Waals surface area contributed by atoms with Gasteiger partial charge in [0.25, 0.3) is 5.91 Å². The van der Waals surface area contributed by atoms with Gasteiger partial charge in [-0.2, -0.15) is 0 Å². The highest BCUT2D eigenvalue weighted by Crippen LogP contribution is 2.45. The fourth-order valence-electron chi connectivity index (χ4n) is 4.03. The maximum absolute atomic E-state index is 13.0. The zero-order valence-electron chi connectivity index (χ0n) is 19.0. The molecule has 0 saturated carbocycles. The zero-order chi connectivity index (χ0) is 24.1. The monoisotopic (exact) mass is 457 g/mol. The number of carbonyl (C=O) groups is 1. The van der Waals surface area contributed by atoms with Crippen molar-refractivity contribution in [1.29, 1.82) is 0 Å². The molecule has 0 spiro atoms. The van der Waals surface area contributed by atoms with Crippen LogP contribution in [0, 0.1) is 10.1 Å². The van der Waals surface area contributed by atoms with Crippen molar-refractivity contribution >= 4 is 50.5 Å². The van der Waals surface area contributed by atoms with Gasteiger partial charge in [-0.1, -0.05) is 62.6 Å². The largest absolute Gasteiger partial charge is 0.396 e. The van der Waals surface area contributed by atoms with Crippen LogP contribution in [0.3, 0.4) is 0 Å². The van der Waals surface area contributed by atoms with Crippen LogP contribution in [0.5, 0.6) is 0 Å². The Hall–Kier alpha value is -4.20. The van der Waals surface area contributed by atoms with Crippen molar-refractivity contribution in [3.8, 4) is 0 Å². The molecule has 0 atom stereocenters. The van der Waals surface area contributed by atoms with Gasteiger partial charge in [0.05, 0.1) is 21.8 Å². The molecule has 34 heavy (non-hydrogen) atoms. The quantitative estimate of drug-likeness (QED) is 0.0914. The lowest BCUT2D eigenvalue weighted by molar-refractivity contribution is -0.382. The third kappa shape index (κ3) is 4.61. The molecule has 0 aliphatic rings. The van der Waals surface area contributed by atoms with Crippen LogP contribution in [-0.4, -0.2) is 22.4 Å². The lowest BCUT2D eigenvalue weighted by atomic mass is 10.0. The number of nitrogens with zero attached hydrogens (tertiary/aromatic N) is 2. The molecule has 1 aromatic heterocycles. The maximum atomic E-state index is 13.0. The van der Waals surface area contributed by atoms with Gasteiger partial charge in [-0.15, -0.1) is 0 Å². The Morgan fingerprint density at radius 2 is 1.76 bits per heavy atom. The topological polar surface area (TPSA) is 123 Å². The van der Waals surface area contributed by atoms with Gasteiger partial charge in [0.15, 0.2) is 5.52 Å². The average molecular weight is 458 g/mol. The van der Waals surface area contributed by atoms with Crippen LogP contribution < -0.4 is 16.4 Å². The van der Waals surface area contributed by atoms with Crippen molar-refractivity contribution in [3.63, 3.8) is 0 Å². The number of nitrogen functional groups attached to an aromatic ring is 1. The summed E-state index contributed by atoms with van der Waals surface area (Å²) in [5.41, 5.74) is 8.10. The molecule has 174 valence electrons. The van der Waals surface area contributed by atoms with Crippen LogP contribution in [-0.2, 0) is 0 Å². The van der Waals surface area contributed by atoms with E-state index < -0.39 is 10.8 Å². The summed E-state index contributed by atoms with van der Waals surface area (Å²) in [6.45, 7) is 2.70. The van der Waals surface area contributed by atoms with E-state index in [1.165, 1.54) is 0 Å². The fourth-order valence-corrected chi connectivity index (χ4v) is 4.03. The summed E-state index contributed by atoms with van der Waals surface area (Å²) in [5, 5.41) is 19.6. The normalized spacial score (nSPS) is 11.0. The molecule has 0 fully saturated rings. The first-order valence-electron chi connectivity index (χ1n) is 11.4. The number of nitrogens with one attached hydrogen (secondary N) is 2. The van der Waals surface area contributed by atoms with Gasteiger partial charge < -0.3 is 16.4 Å². The molecule has 8 heteroatoms. The van der Waals surface area contributed by atoms with Crippen molar-refractivity contribution in [2.75, 3.05) is 22.9 Å². The highest BCUT2D eigenvalue weighted by atomic mass is 16.6. The van der Waals surface area contributed by atoms with E-state index in [1.54, 1.807) is 36.4 Å².